The number of hydrogen-bond donors (Lipinski definition) is 14. The average molecular weight is 1080 g/mol. The summed E-state index contributed by atoms with van der Waals surface area (Å²) < 4.78 is 11.0. The highest BCUT2D eigenvalue weighted by Crippen LogP contribution is 2.27. The first-order valence-electron chi connectivity index (χ1n) is 25.8. The van der Waals surface area contributed by atoms with E-state index >= 15 is 0 Å². The minimum Gasteiger partial charge on any atom is -0.507 e. The smallest absolute Gasteiger partial charge is 0.255 e. The summed E-state index contributed by atoms with van der Waals surface area (Å²) in [6, 6.07) is 14.3. The molecule has 24 nitrogen and oxygen atoms in total. The zero-order chi connectivity index (χ0) is 57.1. The molecular weight excluding hydrogens is 1010 g/mol. The summed E-state index contributed by atoms with van der Waals surface area (Å²) in [4.78, 5) is 108. The molecule has 4 rings (SSSR count). The van der Waals surface area contributed by atoms with Gasteiger partial charge in [0.25, 0.3) is 17.7 Å². The second-order valence-electron chi connectivity index (χ2n) is 18.3. The molecule has 0 heterocycles. The number of hydrogen-bond acceptors (Lipinski definition) is 16. The number of unbranched alkanes of at least 4 members (excludes halogenated alkanes) is 4. The number of nitrogens with one attached hydrogen (secondary N) is 7. The number of nitrogens with two attached hydrogens (primary N) is 6. The number of anilines is 4. The van der Waals surface area contributed by atoms with Gasteiger partial charge in [-0.05, 0) is 170 Å². The van der Waals surface area contributed by atoms with Crippen LogP contribution in [0.1, 0.15) is 118 Å². The predicted octanol–water partition coefficient (Wildman–Crippen LogP) is 2.50. The number of amides is 8. The van der Waals surface area contributed by atoms with Crippen molar-refractivity contribution in [1.82, 2.24) is 16.0 Å². The molecule has 20 N–H and O–H groups in total. The van der Waals surface area contributed by atoms with Gasteiger partial charge in [-0.2, -0.15) is 0 Å². The van der Waals surface area contributed by atoms with Crippen molar-refractivity contribution in [1.29, 1.82) is 0 Å². The van der Waals surface area contributed by atoms with Gasteiger partial charge in [-0.1, -0.05) is 12.5 Å². The second kappa shape index (κ2) is 32.4. The van der Waals surface area contributed by atoms with Crippen LogP contribution >= 0.6 is 0 Å². The van der Waals surface area contributed by atoms with Crippen molar-refractivity contribution in [3.8, 4) is 17.2 Å². The number of rotatable bonds is 33. The maximum absolute atomic E-state index is 14.2. The molecular formula is C54H75N13O11. The van der Waals surface area contributed by atoms with E-state index in [1.807, 2.05) is 0 Å². The largest absolute Gasteiger partial charge is 0.507 e. The molecule has 0 aliphatic rings. The molecule has 4 atom stereocenters. The van der Waals surface area contributed by atoms with E-state index in [1.54, 1.807) is 12.1 Å². The lowest BCUT2D eigenvalue weighted by atomic mass is 10.1. The molecule has 0 radical (unpaired) electrons. The Labute approximate surface area is 453 Å². The minimum atomic E-state index is -1.17. The van der Waals surface area contributed by atoms with Gasteiger partial charge in [0.15, 0.2) is 0 Å². The summed E-state index contributed by atoms with van der Waals surface area (Å²) in [6.45, 7) is 1.44. The maximum atomic E-state index is 14.2. The fraction of sp³-hybridized carbons (Fsp3) is 0.407. The van der Waals surface area contributed by atoms with Crippen molar-refractivity contribution in [2.45, 2.75) is 101 Å². The zero-order valence-corrected chi connectivity index (χ0v) is 44.1. The first kappa shape index (κ1) is 62.4. The van der Waals surface area contributed by atoms with Gasteiger partial charge in [0, 0.05) is 28.3 Å². The fourth-order valence-electron chi connectivity index (χ4n) is 8.03. The molecule has 0 saturated carbocycles. The number of ether oxygens (including phenoxy) is 2. The normalized spacial score (nSPS) is 12.4. The van der Waals surface area contributed by atoms with E-state index in [0.29, 0.717) is 84.0 Å². The van der Waals surface area contributed by atoms with Crippen molar-refractivity contribution in [2.75, 3.05) is 61.7 Å². The molecule has 8 amide bonds. The Morgan fingerprint density at radius 2 is 0.821 bits per heavy atom. The number of phenolic OH excluding ortho intramolecular Hbond substituents is 1. The van der Waals surface area contributed by atoms with Crippen LogP contribution in [-0.4, -0.2) is 117 Å². The number of phenols is 1. The van der Waals surface area contributed by atoms with Crippen LogP contribution in [0.5, 0.6) is 17.2 Å². The van der Waals surface area contributed by atoms with E-state index in [4.69, 9.17) is 43.9 Å². The van der Waals surface area contributed by atoms with E-state index in [-0.39, 0.29) is 75.8 Å². The van der Waals surface area contributed by atoms with E-state index in [0.717, 1.165) is 0 Å². The van der Waals surface area contributed by atoms with Gasteiger partial charge >= 0.3 is 0 Å². The molecule has 0 aromatic heterocycles. The molecule has 0 saturated heterocycles. The monoisotopic (exact) mass is 1080 g/mol. The number of aromatic hydroxyl groups is 1. The van der Waals surface area contributed by atoms with Gasteiger partial charge in [0.05, 0.1) is 37.0 Å². The van der Waals surface area contributed by atoms with Gasteiger partial charge in [0.2, 0.25) is 29.5 Å². The van der Waals surface area contributed by atoms with Crippen LogP contribution in [0.2, 0.25) is 0 Å². The first-order valence-corrected chi connectivity index (χ1v) is 25.8. The molecule has 0 aliphatic carbocycles. The van der Waals surface area contributed by atoms with Crippen molar-refractivity contribution in [3.63, 3.8) is 0 Å². The highest BCUT2D eigenvalue weighted by molar-refractivity contribution is 6.07. The van der Waals surface area contributed by atoms with Crippen molar-refractivity contribution < 1.29 is 52.9 Å². The second-order valence-corrected chi connectivity index (χ2v) is 18.3. The number of methoxy groups -OCH3 is 2. The third kappa shape index (κ3) is 19.4. The van der Waals surface area contributed by atoms with Crippen molar-refractivity contribution in [3.05, 3.63) is 101 Å². The molecule has 78 heavy (non-hydrogen) atoms. The van der Waals surface area contributed by atoms with Gasteiger partial charge in [-0.25, -0.2) is 0 Å². The summed E-state index contributed by atoms with van der Waals surface area (Å²) >= 11 is 0. The average Bonchev–Trinajstić information content (AvgIpc) is 3.42. The molecule has 4 aromatic carbocycles. The molecule has 4 aromatic rings. The van der Waals surface area contributed by atoms with E-state index in [1.165, 1.54) is 80.9 Å². The van der Waals surface area contributed by atoms with E-state index in [2.05, 4.69) is 37.2 Å². The van der Waals surface area contributed by atoms with Crippen molar-refractivity contribution in [2.24, 2.45) is 34.4 Å². The van der Waals surface area contributed by atoms with Crippen LogP contribution in [-0.2, 0) is 19.2 Å². The number of carbonyl (C=O) groups is 8. The predicted molar refractivity (Wildman–Crippen MR) is 297 cm³/mol. The maximum Gasteiger partial charge on any atom is 0.255 e. The zero-order valence-electron chi connectivity index (χ0n) is 44.1. The lowest BCUT2D eigenvalue weighted by Crippen LogP contribution is -2.44. The molecule has 0 fully saturated rings. The van der Waals surface area contributed by atoms with Gasteiger partial charge in [0.1, 0.15) is 35.4 Å². The van der Waals surface area contributed by atoms with E-state index < -0.39 is 77.2 Å². The number of benzene rings is 4. The highest BCUT2D eigenvalue weighted by atomic mass is 16.5. The van der Waals surface area contributed by atoms with Crippen LogP contribution in [0.3, 0.4) is 0 Å². The summed E-state index contributed by atoms with van der Waals surface area (Å²) in [5.74, 6) is -5.55. The van der Waals surface area contributed by atoms with Crippen LogP contribution in [0.25, 0.3) is 0 Å². The molecule has 24 heteroatoms. The minimum absolute atomic E-state index is 0.0278. The molecule has 0 bridgehead atoms. The quantitative estimate of drug-likeness (QED) is 0.0241. The molecule has 4 unspecified atom stereocenters. The third-order valence-corrected chi connectivity index (χ3v) is 12.4. The summed E-state index contributed by atoms with van der Waals surface area (Å²) in [6.07, 6.45) is 5.17. The Kier molecular flexibility index (Phi) is 25.9. The third-order valence-electron chi connectivity index (χ3n) is 12.4. The molecule has 0 aliphatic heterocycles. The van der Waals surface area contributed by atoms with Crippen LogP contribution in [0.4, 0.5) is 22.7 Å². The van der Waals surface area contributed by atoms with E-state index in [9.17, 15) is 43.5 Å². The Hall–Kier alpha value is -8.16. The lowest BCUT2D eigenvalue weighted by Gasteiger charge is -2.21. The Balaban J connectivity index is 1.53. The van der Waals surface area contributed by atoms with Gasteiger partial charge in [-0.3, -0.25) is 38.4 Å². The van der Waals surface area contributed by atoms with Crippen LogP contribution in [0.15, 0.2) is 78.9 Å². The van der Waals surface area contributed by atoms with Gasteiger partial charge in [-0.15, -0.1) is 0 Å². The Morgan fingerprint density at radius 1 is 0.462 bits per heavy atom. The summed E-state index contributed by atoms with van der Waals surface area (Å²) in [7, 11) is 2.69. The molecule has 0 spiro atoms. The topological polar surface area (TPSA) is 416 Å². The van der Waals surface area contributed by atoms with Gasteiger partial charge < -0.3 is 86.2 Å². The van der Waals surface area contributed by atoms with Crippen LogP contribution in [0, 0.1) is 0 Å². The first-order chi connectivity index (χ1) is 37.5. The SMILES string of the molecule is COc1ccc(NC(=O)C(CCCCN)NC(=O)c2cc(NC(=O)C(N)CCCCN)ccc2O)cc1C(=O)NC(CCCCN)C(=O)Nc1ccc(OC)c(C(=O)NC(CCCCN)C(=O)Nc2cccc(C(N)=O)c2)c1. The Bertz CT molecular complexity index is 2710. The number of carbonyl (C=O) groups excluding carboxylic acids is 8. The highest BCUT2D eigenvalue weighted by Gasteiger charge is 2.28. The summed E-state index contributed by atoms with van der Waals surface area (Å²) in [5, 5.41) is 29.7. The molecule has 422 valence electrons. The van der Waals surface area contributed by atoms with Crippen molar-refractivity contribution >= 4 is 70.0 Å². The van der Waals surface area contributed by atoms with Crippen LogP contribution < -0.4 is 81.1 Å². The lowest BCUT2D eigenvalue weighted by molar-refractivity contribution is -0.118. The summed E-state index contributed by atoms with van der Waals surface area (Å²) in [5.41, 5.74) is 34.8. The Morgan fingerprint density at radius 3 is 1.22 bits per heavy atom. The fourth-order valence-corrected chi connectivity index (χ4v) is 8.03. The standard InChI is InChI=1S/C54H75N13O11/c1-77-45-23-20-36(31-38(45)49(71)66-42(16-5-9-26-57)52(74)62-33-13-11-12-32(28-33)47(60)69)64-54(76)43(17-6-10-27-58)67-50(72)39-30-35(19-22-46(39)78-2)63-53(75)41(15-4-8-25-56)65-48(70)37-29-34(18-21-44(37)68)61-51(73)40(59)14-3-7-24-55/h11-13,18-23,28-31,40-43,68H,3-10,14-17,24-27,55-59H2,1-2H3,(H2,60,69)(H,61,73)(H,62,74)(H,63,75)(H,64,76)(H,65,70)(H,66,71)(H,67,72). The number of primary amides is 1.